The Morgan fingerprint density at radius 1 is 1.42 bits per heavy atom. The summed E-state index contributed by atoms with van der Waals surface area (Å²) in [6.07, 6.45) is 0.379. The van der Waals surface area contributed by atoms with Gasteiger partial charge in [-0.25, -0.2) is 0 Å². The van der Waals surface area contributed by atoms with E-state index in [1.54, 1.807) is 13.8 Å². The van der Waals surface area contributed by atoms with Gasteiger partial charge in [-0.05, 0) is 31.9 Å². The highest BCUT2D eigenvalue weighted by Crippen LogP contribution is 2.38. The fraction of sp³-hybridized carbons (Fsp3) is 0.462. The van der Waals surface area contributed by atoms with E-state index in [0.717, 1.165) is 11.3 Å². The summed E-state index contributed by atoms with van der Waals surface area (Å²) >= 11 is 0. The van der Waals surface area contributed by atoms with Crippen LogP contribution in [0.5, 0.6) is 0 Å². The van der Waals surface area contributed by atoms with E-state index in [1.807, 2.05) is 6.07 Å². The number of carbonyl (C=O) groups is 2. The number of aromatic amines is 1. The van der Waals surface area contributed by atoms with Gasteiger partial charge in [-0.1, -0.05) is 0 Å². The second-order valence-electron chi connectivity index (χ2n) is 4.95. The Hall–Kier alpha value is -2.11. The zero-order valence-corrected chi connectivity index (χ0v) is 10.8. The van der Waals surface area contributed by atoms with Gasteiger partial charge in [0, 0.05) is 17.8 Å². The molecule has 0 spiro atoms. The molecule has 1 aliphatic carbocycles. The third kappa shape index (κ3) is 2.83. The lowest BCUT2D eigenvalue weighted by Crippen LogP contribution is -2.29. The molecule has 0 radical (unpaired) electrons. The van der Waals surface area contributed by atoms with E-state index in [0.29, 0.717) is 12.0 Å². The largest absolute Gasteiger partial charge is 0.481 e. The minimum absolute atomic E-state index is 0.128. The molecule has 0 bridgehead atoms. The Kier molecular flexibility index (Phi) is 3.42. The molecule has 1 amide bonds. The van der Waals surface area contributed by atoms with Gasteiger partial charge in [0.25, 0.3) is 5.56 Å². The van der Waals surface area contributed by atoms with E-state index in [-0.39, 0.29) is 18.0 Å². The maximum Gasteiger partial charge on any atom is 0.307 e. The smallest absolute Gasteiger partial charge is 0.307 e. The molecular weight excluding hydrogens is 248 g/mol. The summed E-state index contributed by atoms with van der Waals surface area (Å²) in [5.41, 5.74) is 1.87. The van der Waals surface area contributed by atoms with Crippen LogP contribution >= 0.6 is 0 Å². The molecule has 1 aliphatic rings. The molecule has 2 rings (SSSR count). The third-order valence-corrected chi connectivity index (χ3v) is 3.38. The lowest BCUT2D eigenvalue weighted by Gasteiger charge is -2.07. The van der Waals surface area contributed by atoms with Gasteiger partial charge in [-0.15, -0.1) is 0 Å². The van der Waals surface area contributed by atoms with Gasteiger partial charge >= 0.3 is 5.97 Å². The van der Waals surface area contributed by atoms with Crippen molar-refractivity contribution in [2.24, 2.45) is 11.8 Å². The molecule has 0 saturated heterocycles. The third-order valence-electron chi connectivity index (χ3n) is 3.38. The predicted molar refractivity (Wildman–Crippen MR) is 67.6 cm³/mol. The van der Waals surface area contributed by atoms with E-state index in [2.05, 4.69) is 10.3 Å². The molecule has 3 N–H and O–H groups in total. The molecule has 1 saturated carbocycles. The summed E-state index contributed by atoms with van der Waals surface area (Å²) < 4.78 is 0. The van der Waals surface area contributed by atoms with Crippen molar-refractivity contribution in [3.05, 3.63) is 33.2 Å². The van der Waals surface area contributed by atoms with Crippen molar-refractivity contribution in [1.82, 2.24) is 10.3 Å². The van der Waals surface area contributed by atoms with Crippen molar-refractivity contribution in [2.45, 2.75) is 26.8 Å². The molecule has 1 aromatic rings. The van der Waals surface area contributed by atoms with E-state index >= 15 is 0 Å². The summed E-state index contributed by atoms with van der Waals surface area (Å²) in [4.78, 5) is 36.8. The highest BCUT2D eigenvalue weighted by atomic mass is 16.4. The van der Waals surface area contributed by atoms with E-state index in [1.165, 1.54) is 0 Å². The molecule has 0 aromatic carbocycles. The summed E-state index contributed by atoms with van der Waals surface area (Å²) in [7, 11) is 0. The van der Waals surface area contributed by atoms with Gasteiger partial charge in [0.05, 0.1) is 11.8 Å². The van der Waals surface area contributed by atoms with Crippen molar-refractivity contribution in [2.75, 3.05) is 0 Å². The molecule has 19 heavy (non-hydrogen) atoms. The fourth-order valence-electron chi connectivity index (χ4n) is 2.17. The van der Waals surface area contributed by atoms with Crippen LogP contribution in [0.1, 0.15) is 23.2 Å². The minimum atomic E-state index is -0.940. The van der Waals surface area contributed by atoms with Crippen LogP contribution in [0.4, 0.5) is 0 Å². The highest BCUT2D eigenvalue weighted by molar-refractivity contribution is 5.89. The number of hydrogen-bond acceptors (Lipinski definition) is 3. The average molecular weight is 264 g/mol. The van der Waals surface area contributed by atoms with Gasteiger partial charge in [0.1, 0.15) is 0 Å². The molecule has 1 heterocycles. The van der Waals surface area contributed by atoms with Crippen molar-refractivity contribution in [3.63, 3.8) is 0 Å². The first-order valence-corrected chi connectivity index (χ1v) is 6.10. The topological polar surface area (TPSA) is 99.3 Å². The monoisotopic (exact) mass is 264 g/mol. The zero-order valence-electron chi connectivity index (χ0n) is 10.8. The Labute approximate surface area is 109 Å². The number of H-pyrrole nitrogens is 1. The van der Waals surface area contributed by atoms with Crippen LogP contribution < -0.4 is 10.9 Å². The summed E-state index contributed by atoms with van der Waals surface area (Å²) in [6, 6.07) is 1.83. The maximum absolute atomic E-state index is 11.7. The van der Waals surface area contributed by atoms with Crippen LogP contribution in [-0.2, 0) is 16.1 Å². The predicted octanol–water partition coefficient (Wildman–Crippen LogP) is 0.329. The zero-order chi connectivity index (χ0) is 14.2. The van der Waals surface area contributed by atoms with Gasteiger partial charge in [0.2, 0.25) is 5.91 Å². The number of amides is 1. The van der Waals surface area contributed by atoms with Crippen LogP contribution in [0.2, 0.25) is 0 Å². The molecular formula is C13H16N2O4. The number of nitrogens with one attached hydrogen (secondary N) is 2. The normalized spacial score (nSPS) is 20.9. The van der Waals surface area contributed by atoms with E-state index in [4.69, 9.17) is 5.11 Å². The molecule has 6 nitrogen and oxygen atoms in total. The molecule has 0 aliphatic heterocycles. The first kappa shape index (κ1) is 13.3. The Balaban J connectivity index is 1.99. The lowest BCUT2D eigenvalue weighted by atomic mass is 10.1. The van der Waals surface area contributed by atoms with Crippen LogP contribution in [0.15, 0.2) is 10.9 Å². The van der Waals surface area contributed by atoms with Crippen molar-refractivity contribution in [3.8, 4) is 0 Å². The number of aromatic nitrogens is 1. The Morgan fingerprint density at radius 3 is 2.63 bits per heavy atom. The molecule has 2 atom stereocenters. The van der Waals surface area contributed by atoms with E-state index < -0.39 is 17.8 Å². The van der Waals surface area contributed by atoms with Gasteiger partial charge in [-0.3, -0.25) is 14.4 Å². The van der Waals surface area contributed by atoms with Gasteiger partial charge < -0.3 is 15.4 Å². The number of aliphatic carboxylic acids is 1. The maximum atomic E-state index is 11.7. The number of carboxylic acid groups (broad SMARTS) is 1. The first-order valence-electron chi connectivity index (χ1n) is 6.10. The lowest BCUT2D eigenvalue weighted by molar-refractivity contribution is -0.140. The molecule has 102 valence electrons. The van der Waals surface area contributed by atoms with Crippen LogP contribution in [0.25, 0.3) is 0 Å². The van der Waals surface area contributed by atoms with E-state index in [9.17, 15) is 14.4 Å². The Bertz CT molecular complexity index is 591. The molecule has 1 fully saturated rings. The summed E-state index contributed by atoms with van der Waals surface area (Å²) in [6.45, 7) is 3.72. The molecule has 1 aromatic heterocycles. The second-order valence-corrected chi connectivity index (χ2v) is 4.95. The van der Waals surface area contributed by atoms with Crippen LogP contribution in [-0.4, -0.2) is 22.0 Å². The molecule has 0 unspecified atom stereocenters. The van der Waals surface area contributed by atoms with Crippen LogP contribution in [0.3, 0.4) is 0 Å². The SMILES string of the molecule is Cc1cc(C)c(CNC(=O)[C@H]2C[C@H]2C(=O)O)c(=O)[nH]1. The fourth-order valence-corrected chi connectivity index (χ4v) is 2.17. The summed E-state index contributed by atoms with van der Waals surface area (Å²) in [5.74, 6) is -2.27. The number of aryl methyl sites for hydroxylation is 2. The van der Waals surface area contributed by atoms with Crippen molar-refractivity contribution >= 4 is 11.9 Å². The quantitative estimate of drug-likeness (QED) is 0.729. The molecule has 6 heteroatoms. The highest BCUT2D eigenvalue weighted by Gasteiger charge is 2.48. The minimum Gasteiger partial charge on any atom is -0.481 e. The second kappa shape index (κ2) is 4.87. The first-order chi connectivity index (χ1) is 8.90. The summed E-state index contributed by atoms with van der Waals surface area (Å²) in [5, 5.41) is 11.4. The average Bonchev–Trinajstić information content (AvgIpc) is 3.06. The van der Waals surface area contributed by atoms with Crippen molar-refractivity contribution in [1.29, 1.82) is 0 Å². The standard InChI is InChI=1S/C13H16N2O4/c1-6-3-7(2)15-12(17)10(6)5-14-11(16)8-4-9(8)13(18)19/h3,8-9H,4-5H2,1-2H3,(H,14,16)(H,15,17)(H,18,19)/t8-,9+/m0/s1. The van der Waals surface area contributed by atoms with Crippen molar-refractivity contribution < 1.29 is 14.7 Å². The number of carboxylic acids is 1. The van der Waals surface area contributed by atoms with Crippen LogP contribution in [0, 0.1) is 25.7 Å². The number of pyridine rings is 1. The Morgan fingerprint density at radius 2 is 2.11 bits per heavy atom. The van der Waals surface area contributed by atoms with Gasteiger partial charge in [0.15, 0.2) is 0 Å². The number of hydrogen-bond donors (Lipinski definition) is 3. The van der Waals surface area contributed by atoms with Gasteiger partial charge in [-0.2, -0.15) is 0 Å². The number of rotatable bonds is 4. The number of carbonyl (C=O) groups excluding carboxylic acids is 1.